The van der Waals surface area contributed by atoms with E-state index in [4.69, 9.17) is 52.1 Å². The topological polar surface area (TPSA) is 486 Å². The van der Waals surface area contributed by atoms with E-state index in [1.165, 1.54) is 0 Å². The van der Waals surface area contributed by atoms with Gasteiger partial charge in [-0.25, -0.2) is 0 Å². The Kier molecular flexibility index (Phi) is 21.3. The van der Waals surface area contributed by atoms with Gasteiger partial charge in [0.05, 0.1) is 58.0 Å². The molecule has 4 aliphatic carbocycles. The number of aliphatic hydroxyl groups excluding tert-OH is 18. The lowest BCUT2D eigenvalue weighted by molar-refractivity contribution is -0.406. The van der Waals surface area contributed by atoms with E-state index in [2.05, 4.69) is 20.4 Å². The van der Waals surface area contributed by atoms with Crippen molar-refractivity contribution in [3.8, 4) is 0 Å². The molecule has 6 saturated heterocycles. The quantitative estimate of drug-likeness (QED) is 0.0422. The van der Waals surface area contributed by atoms with Crippen LogP contribution in [0.25, 0.3) is 0 Å². The fourth-order valence-corrected chi connectivity index (χ4v) is 16.9. The van der Waals surface area contributed by atoms with Crippen LogP contribution in [0, 0.1) is 46.3 Å². The van der Waals surface area contributed by atoms with Crippen LogP contribution < -0.4 is 0 Å². The zero-order chi connectivity index (χ0) is 63.1. The Labute approximate surface area is 502 Å². The van der Waals surface area contributed by atoms with Crippen molar-refractivity contribution in [2.24, 2.45) is 46.3 Å². The van der Waals surface area contributed by atoms with E-state index in [1.807, 2.05) is 6.92 Å². The van der Waals surface area contributed by atoms with Gasteiger partial charge >= 0.3 is 0 Å². The first-order chi connectivity index (χ1) is 41.2. The van der Waals surface area contributed by atoms with Crippen molar-refractivity contribution in [1.29, 1.82) is 0 Å². The lowest BCUT2D eigenvalue weighted by atomic mass is 9.43. The summed E-state index contributed by atoms with van der Waals surface area (Å²) in [6, 6.07) is 0. The van der Waals surface area contributed by atoms with Crippen molar-refractivity contribution in [2.75, 3.05) is 39.6 Å². The first-order valence-electron chi connectivity index (χ1n) is 30.7. The normalized spacial score (nSPS) is 55.2. The fraction of sp³-hybridized carbons (Fsp3) is 0.965. The zero-order valence-electron chi connectivity index (χ0n) is 48.9. The lowest BCUT2D eigenvalue weighted by Crippen LogP contribution is -2.68. The molecule has 30 heteroatoms. The molecule has 0 amide bonds. The van der Waals surface area contributed by atoms with Crippen LogP contribution in [0.15, 0.2) is 12.2 Å². The maximum atomic E-state index is 12.4. The number of rotatable bonds is 19. The third-order valence-corrected chi connectivity index (χ3v) is 22.1. The standard InChI is InChI=1S/C57H94O30/c1-20(19-77-50-43(72)39(68)35(64)28(14-58)79-50)7-10-57(76)21(2)34-27(87-57)12-26-24-6-5-22-11-23(8-9-55(22,3)25(24)13-33(63)56(26,34)4)78-51-46(75)42(71)47(32(18-62)83-51)84-54-49(86-53-45(74)41(70)37(66)30(16-60)81-53)48(38(67)31(17-61)82-54)85-52-44(73)40(69)36(65)29(15-59)80-52/h21-54,58-76H,1,5-19H2,2-4H3. The molecule has 87 heavy (non-hydrogen) atoms. The molecule has 502 valence electrons. The summed E-state index contributed by atoms with van der Waals surface area (Å²) in [5.74, 6) is -1.49. The van der Waals surface area contributed by atoms with Crippen molar-refractivity contribution in [2.45, 2.75) is 256 Å². The van der Waals surface area contributed by atoms with E-state index in [9.17, 15) is 97.0 Å². The van der Waals surface area contributed by atoms with Crippen LogP contribution in [0.3, 0.4) is 0 Å². The largest absolute Gasteiger partial charge is 0.394 e. The van der Waals surface area contributed by atoms with Crippen LogP contribution in [0.1, 0.15) is 78.6 Å². The number of hydrogen-bond acceptors (Lipinski definition) is 30. The highest BCUT2D eigenvalue weighted by Gasteiger charge is 2.71. The Morgan fingerprint density at radius 1 is 0.494 bits per heavy atom. The predicted octanol–water partition coefficient (Wildman–Crippen LogP) is -7.24. The number of ether oxygens (including phenoxy) is 11. The number of fused-ring (bicyclic) bond motifs is 7. The van der Waals surface area contributed by atoms with E-state index >= 15 is 0 Å². The highest BCUT2D eigenvalue weighted by atomic mass is 16.8. The average Bonchev–Trinajstić information content (AvgIpc) is 1.58. The van der Waals surface area contributed by atoms with Gasteiger partial charge in [0.15, 0.2) is 37.2 Å². The van der Waals surface area contributed by atoms with E-state index < -0.39 is 210 Å². The van der Waals surface area contributed by atoms with Gasteiger partial charge in [-0.3, -0.25) is 0 Å². The lowest BCUT2D eigenvalue weighted by Gasteiger charge is -2.62. The van der Waals surface area contributed by atoms with E-state index in [0.29, 0.717) is 37.7 Å². The maximum absolute atomic E-state index is 12.4. The molecule has 0 bridgehead atoms. The summed E-state index contributed by atoms with van der Waals surface area (Å²) in [5, 5.41) is 205. The van der Waals surface area contributed by atoms with Crippen molar-refractivity contribution in [3.05, 3.63) is 12.2 Å². The molecule has 0 aromatic heterocycles. The van der Waals surface area contributed by atoms with Gasteiger partial charge < -0.3 is 149 Å². The molecule has 10 fully saturated rings. The minimum absolute atomic E-state index is 0.0915. The summed E-state index contributed by atoms with van der Waals surface area (Å²) >= 11 is 0. The fourth-order valence-electron chi connectivity index (χ4n) is 16.9. The second-order valence-electron chi connectivity index (χ2n) is 26.7. The molecule has 19 N–H and O–H groups in total. The van der Waals surface area contributed by atoms with Crippen LogP contribution in [-0.2, 0) is 52.1 Å². The molecule has 10 rings (SSSR count). The van der Waals surface area contributed by atoms with Gasteiger partial charge in [-0.05, 0) is 80.5 Å². The minimum Gasteiger partial charge on any atom is -0.394 e. The van der Waals surface area contributed by atoms with Gasteiger partial charge in [0, 0.05) is 23.7 Å². The molecule has 10 aliphatic rings. The van der Waals surface area contributed by atoms with Gasteiger partial charge in [0.2, 0.25) is 0 Å². The minimum atomic E-state index is -2.08. The molecule has 30 nitrogen and oxygen atoms in total. The molecule has 0 radical (unpaired) electrons. The summed E-state index contributed by atoms with van der Waals surface area (Å²) in [4.78, 5) is 0. The van der Waals surface area contributed by atoms with Crippen LogP contribution >= 0.6 is 0 Å². The molecule has 37 unspecified atom stereocenters. The van der Waals surface area contributed by atoms with Gasteiger partial charge in [-0.2, -0.15) is 0 Å². The SMILES string of the molecule is C=C(CCC1(O)OC2CC3C4CCC5CC(OC6OC(CO)C(OC7OC(CO)C(O)C(OC8OC(CO)C(O)C(O)C8O)C7OC7OC(CO)C(O)C(O)C7O)C(O)C6O)CCC5(C)C4CC(O)C3(C)C2C1C)COC1OC(CO)C(O)C(O)C1O. The summed E-state index contributed by atoms with van der Waals surface area (Å²) in [5.41, 5.74) is -0.258. The number of aliphatic hydroxyl groups is 19. The third-order valence-electron chi connectivity index (χ3n) is 22.1. The van der Waals surface area contributed by atoms with Crippen LogP contribution in [-0.4, -0.2) is 314 Å². The molecular formula is C57H94O30. The molecule has 37 atom stereocenters. The Balaban J connectivity index is 0.776. The van der Waals surface area contributed by atoms with E-state index in [0.717, 1.165) is 12.8 Å². The molecule has 0 aromatic carbocycles. The summed E-state index contributed by atoms with van der Waals surface area (Å²) in [6.45, 7) is 6.14. The number of hydrogen-bond donors (Lipinski definition) is 19. The predicted molar refractivity (Wildman–Crippen MR) is 286 cm³/mol. The molecule has 0 spiro atoms. The van der Waals surface area contributed by atoms with E-state index in [-0.39, 0.29) is 66.5 Å². The van der Waals surface area contributed by atoms with Gasteiger partial charge in [0.1, 0.15) is 122 Å². The van der Waals surface area contributed by atoms with Crippen molar-refractivity contribution in [1.82, 2.24) is 0 Å². The van der Waals surface area contributed by atoms with E-state index in [1.54, 1.807) is 0 Å². The van der Waals surface area contributed by atoms with Crippen molar-refractivity contribution < 1.29 is 149 Å². The summed E-state index contributed by atoms with van der Waals surface area (Å²) < 4.78 is 65.6. The Bertz CT molecular complexity index is 2270. The zero-order valence-corrected chi connectivity index (χ0v) is 48.9. The van der Waals surface area contributed by atoms with Crippen LogP contribution in [0.4, 0.5) is 0 Å². The second kappa shape index (κ2) is 27.1. The molecule has 6 aliphatic heterocycles. The average molecular weight is 1260 g/mol. The van der Waals surface area contributed by atoms with Crippen molar-refractivity contribution in [3.63, 3.8) is 0 Å². The molecule has 4 saturated carbocycles. The van der Waals surface area contributed by atoms with Gasteiger partial charge in [0.25, 0.3) is 0 Å². The van der Waals surface area contributed by atoms with Crippen molar-refractivity contribution >= 4 is 0 Å². The summed E-state index contributed by atoms with van der Waals surface area (Å²) in [7, 11) is 0. The molecule has 6 heterocycles. The third kappa shape index (κ3) is 12.4. The van der Waals surface area contributed by atoms with Crippen LogP contribution in [0.2, 0.25) is 0 Å². The first-order valence-corrected chi connectivity index (χ1v) is 30.7. The highest BCUT2D eigenvalue weighted by molar-refractivity contribution is 5.18. The summed E-state index contributed by atoms with van der Waals surface area (Å²) in [6.07, 6.45) is -40.6. The highest BCUT2D eigenvalue weighted by Crippen LogP contribution is 2.71. The second-order valence-corrected chi connectivity index (χ2v) is 26.7. The maximum Gasteiger partial charge on any atom is 0.187 e. The smallest absolute Gasteiger partial charge is 0.187 e. The van der Waals surface area contributed by atoms with Gasteiger partial charge in [-0.15, -0.1) is 0 Å². The molecular weight excluding hydrogens is 1160 g/mol. The first kappa shape index (κ1) is 68.4. The van der Waals surface area contributed by atoms with Gasteiger partial charge in [-0.1, -0.05) is 32.9 Å². The Morgan fingerprint density at radius 2 is 0.977 bits per heavy atom. The Hall–Kier alpha value is -1.46. The molecule has 0 aromatic rings. The van der Waals surface area contributed by atoms with Crippen LogP contribution in [0.5, 0.6) is 0 Å². The Morgan fingerprint density at radius 3 is 1.55 bits per heavy atom. The monoisotopic (exact) mass is 1260 g/mol.